The Hall–Kier alpha value is -3.82. The van der Waals surface area contributed by atoms with Gasteiger partial charge in [0.2, 0.25) is 0 Å². The fraction of sp³-hybridized carbons (Fsp3) is 0.385. The molecule has 0 spiro atoms. The van der Waals surface area contributed by atoms with E-state index < -0.39 is 0 Å². The molecule has 4 aromatic heterocycles. The number of piperazine rings is 1. The van der Waals surface area contributed by atoms with Crippen LogP contribution in [0.3, 0.4) is 0 Å². The number of hydrogen-bond donors (Lipinski definition) is 1. The summed E-state index contributed by atoms with van der Waals surface area (Å²) in [4.78, 5) is 6.92. The quantitative estimate of drug-likeness (QED) is 0.413. The third-order valence-corrected chi connectivity index (χ3v) is 7.38. The van der Waals surface area contributed by atoms with Crippen molar-refractivity contribution >= 4 is 11.3 Å². The molecular weight excluding hydrogens is 470 g/mol. The first kappa shape index (κ1) is 23.6. The third kappa shape index (κ3) is 4.45. The van der Waals surface area contributed by atoms with E-state index in [1.165, 1.54) is 0 Å². The van der Waals surface area contributed by atoms with Crippen molar-refractivity contribution in [2.75, 3.05) is 31.1 Å². The highest BCUT2D eigenvalue weighted by Crippen LogP contribution is 2.32. The number of rotatable bonds is 5. The molecule has 0 bridgehead atoms. The minimum Gasteiger partial charge on any atom is -0.771 e. The first-order chi connectivity index (χ1) is 18.0. The second-order valence-electron chi connectivity index (χ2n) is 9.78. The fourth-order valence-electron chi connectivity index (χ4n) is 5.37. The largest absolute Gasteiger partial charge is 0.771 e. The van der Waals surface area contributed by atoms with E-state index in [1.54, 1.807) is 21.6 Å². The second kappa shape index (κ2) is 9.57. The van der Waals surface area contributed by atoms with Crippen molar-refractivity contribution in [3.05, 3.63) is 60.0 Å². The summed E-state index contributed by atoms with van der Waals surface area (Å²) in [6.45, 7) is 2.63. The van der Waals surface area contributed by atoms with Crippen LogP contribution in [-0.2, 0) is 7.05 Å². The van der Waals surface area contributed by atoms with Gasteiger partial charge in [-0.3, -0.25) is 4.68 Å². The van der Waals surface area contributed by atoms with Gasteiger partial charge in [0.25, 0.3) is 0 Å². The molecule has 2 fully saturated rings. The van der Waals surface area contributed by atoms with Gasteiger partial charge in [0.05, 0.1) is 29.6 Å². The topological polar surface area (TPSA) is 125 Å². The van der Waals surface area contributed by atoms with Crippen molar-refractivity contribution in [2.45, 2.75) is 31.4 Å². The van der Waals surface area contributed by atoms with Crippen LogP contribution in [0, 0.1) is 16.5 Å². The number of pyridine rings is 2. The monoisotopic (exact) mass is 498 g/mol. The normalized spacial score (nSPS) is 20.7. The Labute approximate surface area is 214 Å². The number of aliphatic hydroxyl groups is 1. The predicted molar refractivity (Wildman–Crippen MR) is 138 cm³/mol. The summed E-state index contributed by atoms with van der Waals surface area (Å²) in [6, 6.07) is 8.18. The van der Waals surface area contributed by atoms with Crippen molar-refractivity contribution in [1.82, 2.24) is 34.6 Å². The van der Waals surface area contributed by atoms with E-state index in [-0.39, 0.29) is 12.1 Å². The molecule has 190 valence electrons. The molecule has 2 atom stereocenters. The summed E-state index contributed by atoms with van der Waals surface area (Å²) in [5.41, 5.74) is 4.92. The third-order valence-electron chi connectivity index (χ3n) is 7.38. The Morgan fingerprint density at radius 2 is 1.86 bits per heavy atom. The van der Waals surface area contributed by atoms with Gasteiger partial charge >= 0.3 is 0 Å². The van der Waals surface area contributed by atoms with Crippen molar-refractivity contribution < 1.29 is 5.11 Å². The molecule has 1 saturated carbocycles. The molecular formula is C26H28N9O2-. The minimum absolute atomic E-state index is 0.125. The maximum Gasteiger partial charge on any atom is 0.128 e. The summed E-state index contributed by atoms with van der Waals surface area (Å²) < 4.78 is 3.49. The maximum absolute atomic E-state index is 12.7. The van der Waals surface area contributed by atoms with Gasteiger partial charge in [0.15, 0.2) is 0 Å². The number of anilines is 1. The first-order valence-corrected chi connectivity index (χ1v) is 12.5. The van der Waals surface area contributed by atoms with E-state index in [9.17, 15) is 15.6 Å². The van der Waals surface area contributed by atoms with Gasteiger partial charge in [-0.15, -0.1) is 0 Å². The summed E-state index contributed by atoms with van der Waals surface area (Å²) >= 11 is 0. The highest BCUT2D eigenvalue weighted by molar-refractivity contribution is 5.87. The molecule has 0 aromatic carbocycles. The Morgan fingerprint density at radius 1 is 1.03 bits per heavy atom. The zero-order valence-electron chi connectivity index (χ0n) is 20.6. The van der Waals surface area contributed by atoms with Gasteiger partial charge in [0.1, 0.15) is 11.9 Å². The molecule has 2 aliphatic rings. The van der Waals surface area contributed by atoms with Gasteiger partial charge in [0, 0.05) is 80.1 Å². The van der Waals surface area contributed by atoms with Crippen molar-refractivity contribution in [1.29, 1.82) is 5.26 Å². The molecule has 4 aromatic rings. The molecule has 1 N–H and O–H groups in total. The van der Waals surface area contributed by atoms with Crippen LogP contribution in [-0.4, -0.2) is 78.0 Å². The van der Waals surface area contributed by atoms with Crippen LogP contribution in [0.2, 0.25) is 0 Å². The number of hydrogen-bond acceptors (Lipinski definition) is 9. The lowest BCUT2D eigenvalue weighted by Gasteiger charge is -2.48. The average molecular weight is 499 g/mol. The number of aliphatic hydroxyl groups excluding tert-OH is 1. The standard InChI is InChI=1S/C26H28N9O2/c1-31-16-21(15-29-31)19-10-24(26-20(12-27)14-30-34(26)17-19)18-2-5-25(28-13-18)32-6-8-33(9-7-32)35(37)22-3-4-23(36)11-22/h2,5,10,13-17,22-23,36H,3-4,6-9,11H2,1H3/q-1/t22-,23+/m0/s1. The van der Waals surface area contributed by atoms with Crippen LogP contribution in [0.1, 0.15) is 24.8 Å². The second-order valence-corrected chi connectivity index (χ2v) is 9.78. The molecule has 1 saturated heterocycles. The summed E-state index contributed by atoms with van der Waals surface area (Å²) in [5, 5.41) is 43.8. The van der Waals surface area contributed by atoms with Gasteiger partial charge in [-0.25, -0.2) is 14.5 Å². The summed E-state index contributed by atoms with van der Waals surface area (Å²) in [5.74, 6) is 0.852. The van der Waals surface area contributed by atoms with Crippen LogP contribution in [0.4, 0.5) is 5.82 Å². The zero-order chi connectivity index (χ0) is 25.5. The number of fused-ring (bicyclic) bond motifs is 1. The van der Waals surface area contributed by atoms with E-state index in [0.717, 1.165) is 45.2 Å². The Morgan fingerprint density at radius 3 is 2.51 bits per heavy atom. The van der Waals surface area contributed by atoms with Crippen LogP contribution >= 0.6 is 0 Å². The average Bonchev–Trinajstić information content (AvgIpc) is 3.67. The molecule has 1 aliphatic carbocycles. The first-order valence-electron chi connectivity index (χ1n) is 12.5. The molecule has 0 amide bonds. The zero-order valence-corrected chi connectivity index (χ0v) is 20.6. The smallest absolute Gasteiger partial charge is 0.128 e. The van der Waals surface area contributed by atoms with Gasteiger partial charge in [-0.05, 0) is 37.5 Å². The highest BCUT2D eigenvalue weighted by atomic mass is 16.6. The minimum atomic E-state index is -0.358. The van der Waals surface area contributed by atoms with Crippen LogP contribution in [0.15, 0.2) is 49.2 Å². The van der Waals surface area contributed by atoms with Gasteiger partial charge in [-0.2, -0.15) is 15.5 Å². The van der Waals surface area contributed by atoms with Crippen molar-refractivity contribution in [2.24, 2.45) is 7.05 Å². The highest BCUT2D eigenvalue weighted by Gasteiger charge is 2.28. The maximum atomic E-state index is 12.7. The van der Waals surface area contributed by atoms with Crippen LogP contribution in [0.25, 0.3) is 27.8 Å². The molecule has 11 heteroatoms. The number of hydroxylamine groups is 1. The fourth-order valence-corrected chi connectivity index (χ4v) is 5.37. The van der Waals surface area contributed by atoms with E-state index in [0.29, 0.717) is 44.6 Å². The lowest BCUT2D eigenvalue weighted by molar-refractivity contribution is -0.0212. The molecule has 6 rings (SSSR count). The molecule has 5 heterocycles. The number of nitriles is 1. The van der Waals surface area contributed by atoms with Crippen molar-refractivity contribution in [3.63, 3.8) is 0 Å². The SMILES string of the molecule is Cn1cc(-c2cc(-c3ccc(N4CCN(N([O-])[C@H]5CC[C@@H](O)C5)CC4)nc3)c3c(C#N)cnn3c2)cn1. The van der Waals surface area contributed by atoms with E-state index in [1.807, 2.05) is 48.8 Å². The number of aryl methyl sites for hydroxylation is 1. The van der Waals surface area contributed by atoms with E-state index >= 15 is 0 Å². The molecule has 37 heavy (non-hydrogen) atoms. The summed E-state index contributed by atoms with van der Waals surface area (Å²) in [6.07, 6.45) is 10.7. The van der Waals surface area contributed by atoms with Gasteiger partial charge in [-0.1, -0.05) is 0 Å². The van der Waals surface area contributed by atoms with E-state index in [4.69, 9.17) is 4.98 Å². The predicted octanol–water partition coefficient (Wildman–Crippen LogP) is 2.42. The van der Waals surface area contributed by atoms with Crippen molar-refractivity contribution in [3.8, 4) is 28.3 Å². The Balaban J connectivity index is 1.23. The lowest BCUT2D eigenvalue weighted by atomic mass is 10.0. The number of aromatic nitrogens is 5. The molecule has 0 radical (unpaired) electrons. The lowest BCUT2D eigenvalue weighted by Crippen LogP contribution is -2.54. The molecule has 0 unspecified atom stereocenters. The molecule has 1 aliphatic heterocycles. The molecule has 11 nitrogen and oxygen atoms in total. The number of hydrazine groups is 1. The van der Waals surface area contributed by atoms with Crippen LogP contribution < -0.4 is 4.90 Å². The Bertz CT molecular complexity index is 1450. The van der Waals surface area contributed by atoms with Gasteiger partial charge < -0.3 is 20.4 Å². The number of nitrogens with zero attached hydrogens (tertiary/aromatic N) is 9. The Kier molecular flexibility index (Phi) is 6.10. The van der Waals surface area contributed by atoms with Crippen LogP contribution in [0.5, 0.6) is 0 Å². The van der Waals surface area contributed by atoms with E-state index in [2.05, 4.69) is 21.2 Å². The summed E-state index contributed by atoms with van der Waals surface area (Å²) in [7, 11) is 1.88.